The lowest BCUT2D eigenvalue weighted by Gasteiger charge is -2.36. The molecule has 0 radical (unpaired) electrons. The van der Waals surface area contributed by atoms with E-state index in [0.717, 1.165) is 12.0 Å². The first-order valence-corrected chi connectivity index (χ1v) is 10.4. The predicted octanol–water partition coefficient (Wildman–Crippen LogP) is 5.18. The monoisotopic (exact) mass is 448 g/mol. The Labute approximate surface area is 187 Å². The molecule has 2 aromatic rings. The number of allylic oxidation sites excluding steroid dienone is 1. The van der Waals surface area contributed by atoms with Crippen molar-refractivity contribution in [1.82, 2.24) is 4.90 Å². The smallest absolute Gasteiger partial charge is 0.160 e. The van der Waals surface area contributed by atoms with E-state index in [1.54, 1.807) is 20.4 Å². The Hall–Kier alpha value is -2.21. The summed E-state index contributed by atoms with van der Waals surface area (Å²) in [5.41, 5.74) is 1.74. The largest absolute Gasteiger partial charge is 0.506 e. The Bertz CT molecular complexity index is 960. The van der Waals surface area contributed by atoms with E-state index >= 15 is 0 Å². The van der Waals surface area contributed by atoms with Crippen LogP contribution < -0.4 is 9.47 Å². The summed E-state index contributed by atoms with van der Waals surface area (Å²) >= 11 is 12.2. The number of ether oxygens (including phenoxy) is 2. The van der Waals surface area contributed by atoms with E-state index in [1.165, 1.54) is 12.1 Å². The second-order valence-corrected chi connectivity index (χ2v) is 8.25. The fraction of sp³-hybridized carbons (Fsp3) is 0.348. The Kier molecular flexibility index (Phi) is 7.29. The molecule has 1 N–H and O–H groups in total. The van der Waals surface area contributed by atoms with Gasteiger partial charge in [-0.2, -0.15) is 0 Å². The number of aliphatic imine (C=N–C) groups is 1. The molecule has 3 rings (SSSR count). The Morgan fingerprint density at radius 2 is 1.80 bits per heavy atom. The van der Waals surface area contributed by atoms with E-state index in [0.29, 0.717) is 22.1 Å². The van der Waals surface area contributed by atoms with E-state index in [1.807, 2.05) is 26.2 Å². The predicted molar refractivity (Wildman–Crippen MR) is 123 cm³/mol. The number of aromatic hydroxyl groups is 1. The molecule has 0 saturated carbocycles. The highest BCUT2D eigenvalue weighted by atomic mass is 35.5. The molecule has 160 valence electrons. The summed E-state index contributed by atoms with van der Waals surface area (Å²) in [6.45, 7) is 0. The third-order valence-electron chi connectivity index (χ3n) is 5.37. The number of benzene rings is 2. The normalized spacial score (nSPS) is 21.4. The van der Waals surface area contributed by atoms with E-state index in [9.17, 15) is 5.11 Å². The van der Waals surface area contributed by atoms with Crippen LogP contribution >= 0.6 is 23.2 Å². The zero-order valence-corrected chi connectivity index (χ0v) is 19.0. The first-order valence-electron chi connectivity index (χ1n) is 9.62. The fourth-order valence-electron chi connectivity index (χ4n) is 3.76. The van der Waals surface area contributed by atoms with E-state index < -0.39 is 0 Å². The van der Waals surface area contributed by atoms with Crippen LogP contribution in [-0.2, 0) is 0 Å². The summed E-state index contributed by atoms with van der Waals surface area (Å²) in [4.78, 5) is 7.06. The summed E-state index contributed by atoms with van der Waals surface area (Å²) in [7, 11) is 7.34. The van der Waals surface area contributed by atoms with Crippen LogP contribution in [0.5, 0.6) is 17.2 Å². The van der Waals surface area contributed by atoms with Crippen LogP contribution in [0.3, 0.4) is 0 Å². The number of phenolic OH excluding ortho intramolecular Hbond substituents is 1. The number of methoxy groups -OCH3 is 2. The standard InChI is InChI=1S/C23H26Cl2N2O3/c1-27(2)19-7-5-6-16(14-8-9-21(29-3)22(11-14)30-4)23(19)26-13-15-10-20(28)18(25)12-17(15)24/h5,7-13,16,19,23,28H,6H2,1-4H3/t16-,19-,23?/m0/s1. The van der Waals surface area contributed by atoms with Gasteiger partial charge in [-0.25, -0.2) is 0 Å². The van der Waals surface area contributed by atoms with Crippen LogP contribution in [0.25, 0.3) is 0 Å². The molecule has 0 aliphatic heterocycles. The van der Waals surface area contributed by atoms with Crippen molar-refractivity contribution in [2.75, 3.05) is 28.3 Å². The molecule has 30 heavy (non-hydrogen) atoms. The van der Waals surface area contributed by atoms with Crippen molar-refractivity contribution >= 4 is 29.4 Å². The molecule has 2 aromatic carbocycles. The fourth-order valence-corrected chi connectivity index (χ4v) is 4.19. The van der Waals surface area contributed by atoms with Crippen molar-refractivity contribution in [3.05, 3.63) is 63.7 Å². The molecule has 0 saturated heterocycles. The number of rotatable bonds is 6. The SMILES string of the molecule is COc1ccc([C@@H]2CC=C[C@H](N(C)C)C2N=Cc2cc(O)c(Cl)cc2Cl)cc1OC. The van der Waals surface area contributed by atoms with Crippen molar-refractivity contribution in [3.63, 3.8) is 0 Å². The molecule has 3 atom stereocenters. The van der Waals surface area contributed by atoms with E-state index in [-0.39, 0.29) is 28.8 Å². The second kappa shape index (κ2) is 9.73. The minimum Gasteiger partial charge on any atom is -0.506 e. The van der Waals surface area contributed by atoms with Gasteiger partial charge in [-0.3, -0.25) is 4.99 Å². The minimum atomic E-state index is -0.0583. The molecule has 5 nitrogen and oxygen atoms in total. The summed E-state index contributed by atoms with van der Waals surface area (Å²) in [5, 5.41) is 10.6. The van der Waals surface area contributed by atoms with Crippen LogP contribution in [0.2, 0.25) is 10.0 Å². The van der Waals surface area contributed by atoms with Gasteiger partial charge in [-0.15, -0.1) is 0 Å². The number of hydrogen-bond donors (Lipinski definition) is 1. The van der Waals surface area contributed by atoms with Gasteiger partial charge in [-0.05, 0) is 50.3 Å². The Balaban J connectivity index is 2.00. The third kappa shape index (κ3) is 4.75. The quantitative estimate of drug-likeness (QED) is 0.488. The van der Waals surface area contributed by atoms with Gasteiger partial charge in [0, 0.05) is 17.7 Å². The first kappa shape index (κ1) is 22.5. The molecule has 7 heteroatoms. The maximum atomic E-state index is 9.94. The van der Waals surface area contributed by atoms with Crippen LogP contribution in [0, 0.1) is 0 Å². The van der Waals surface area contributed by atoms with Gasteiger partial charge >= 0.3 is 0 Å². The number of likely N-dealkylation sites (N-methyl/N-ethyl adjacent to an activating group) is 1. The molecule has 0 amide bonds. The molecule has 1 aliphatic carbocycles. The molecular formula is C23H26Cl2N2O3. The summed E-state index contributed by atoms with van der Waals surface area (Å²) in [6, 6.07) is 9.09. The number of nitrogens with zero attached hydrogens (tertiary/aromatic N) is 2. The highest BCUT2D eigenvalue weighted by Gasteiger charge is 2.32. The molecule has 0 bridgehead atoms. The Morgan fingerprint density at radius 3 is 2.47 bits per heavy atom. The average molecular weight is 449 g/mol. The van der Waals surface area contributed by atoms with Gasteiger partial charge < -0.3 is 19.5 Å². The molecule has 0 spiro atoms. The third-order valence-corrected chi connectivity index (χ3v) is 6.00. The van der Waals surface area contributed by atoms with Crippen LogP contribution in [0.1, 0.15) is 23.5 Å². The molecule has 0 aromatic heterocycles. The average Bonchev–Trinajstić information content (AvgIpc) is 2.74. The van der Waals surface area contributed by atoms with Gasteiger partial charge in [-0.1, -0.05) is 41.4 Å². The Morgan fingerprint density at radius 1 is 1.07 bits per heavy atom. The highest BCUT2D eigenvalue weighted by Crippen LogP contribution is 2.38. The van der Waals surface area contributed by atoms with E-state index in [4.69, 9.17) is 37.7 Å². The van der Waals surface area contributed by atoms with Crippen molar-refractivity contribution in [2.45, 2.75) is 24.4 Å². The minimum absolute atomic E-state index is 0.0216. The second-order valence-electron chi connectivity index (χ2n) is 7.43. The van der Waals surface area contributed by atoms with Gasteiger partial charge in [0.15, 0.2) is 11.5 Å². The molecule has 0 fully saturated rings. The van der Waals surface area contributed by atoms with Gasteiger partial charge in [0.05, 0.1) is 36.3 Å². The zero-order chi connectivity index (χ0) is 21.8. The summed E-state index contributed by atoms with van der Waals surface area (Å²) in [6.07, 6.45) is 6.94. The highest BCUT2D eigenvalue weighted by molar-refractivity contribution is 6.37. The van der Waals surface area contributed by atoms with Crippen molar-refractivity contribution in [3.8, 4) is 17.2 Å². The van der Waals surface area contributed by atoms with Crippen molar-refractivity contribution < 1.29 is 14.6 Å². The summed E-state index contributed by atoms with van der Waals surface area (Å²) in [5.74, 6) is 1.50. The van der Waals surface area contributed by atoms with Crippen LogP contribution in [-0.4, -0.2) is 56.6 Å². The van der Waals surface area contributed by atoms with Gasteiger partial charge in [0.1, 0.15) is 5.75 Å². The molecule has 1 unspecified atom stereocenters. The van der Waals surface area contributed by atoms with E-state index in [2.05, 4.69) is 23.1 Å². The number of phenols is 1. The van der Waals surface area contributed by atoms with Crippen molar-refractivity contribution in [2.24, 2.45) is 4.99 Å². The lowest BCUT2D eigenvalue weighted by molar-refractivity contribution is 0.270. The van der Waals surface area contributed by atoms with Crippen LogP contribution in [0.15, 0.2) is 47.5 Å². The lowest BCUT2D eigenvalue weighted by atomic mass is 9.80. The zero-order valence-electron chi connectivity index (χ0n) is 17.5. The van der Waals surface area contributed by atoms with Gasteiger partial charge in [0.2, 0.25) is 0 Å². The van der Waals surface area contributed by atoms with Crippen LogP contribution in [0.4, 0.5) is 0 Å². The van der Waals surface area contributed by atoms with Gasteiger partial charge in [0.25, 0.3) is 0 Å². The summed E-state index contributed by atoms with van der Waals surface area (Å²) < 4.78 is 10.9. The number of halogens is 2. The topological polar surface area (TPSA) is 54.3 Å². The van der Waals surface area contributed by atoms with Crippen molar-refractivity contribution in [1.29, 1.82) is 0 Å². The molecule has 1 aliphatic rings. The maximum absolute atomic E-state index is 9.94. The maximum Gasteiger partial charge on any atom is 0.160 e. The lowest BCUT2D eigenvalue weighted by Crippen LogP contribution is -2.42. The molecular weight excluding hydrogens is 423 g/mol. The molecule has 0 heterocycles. The first-order chi connectivity index (χ1) is 14.3. The number of hydrogen-bond acceptors (Lipinski definition) is 5.